The van der Waals surface area contributed by atoms with Gasteiger partial charge in [0.15, 0.2) is 0 Å². The van der Waals surface area contributed by atoms with Crippen LogP contribution < -0.4 is 5.32 Å². The van der Waals surface area contributed by atoms with E-state index in [0.717, 1.165) is 22.5 Å². The molecule has 1 N–H and O–H groups in total. The lowest BCUT2D eigenvalue weighted by Crippen LogP contribution is -2.26. The molecule has 1 heterocycles. The summed E-state index contributed by atoms with van der Waals surface area (Å²) in [5, 5.41) is 12.4. The molecule has 0 atom stereocenters. The first-order chi connectivity index (χ1) is 15.5. The Morgan fingerprint density at radius 3 is 2.47 bits per heavy atom. The molecule has 6 heteroatoms. The van der Waals surface area contributed by atoms with Crippen molar-refractivity contribution in [3.8, 4) is 11.8 Å². The second-order valence-corrected chi connectivity index (χ2v) is 7.33. The number of nitrogens with zero attached hydrogens (tertiary/aromatic N) is 2. The zero-order valence-corrected chi connectivity index (χ0v) is 18.4. The van der Waals surface area contributed by atoms with Gasteiger partial charge in [-0.1, -0.05) is 42.5 Å². The number of esters is 1. The smallest absolute Gasteiger partial charge is 0.339 e. The number of benzene rings is 2. The number of para-hydroxylation sites is 1. The Morgan fingerprint density at radius 1 is 1.09 bits per heavy atom. The molecule has 3 aromatic rings. The number of aryl methyl sites for hydroxylation is 1. The Hall–Kier alpha value is -4.11. The van der Waals surface area contributed by atoms with Gasteiger partial charge >= 0.3 is 5.97 Å². The SMILES string of the molecule is COC(=O)c1ccccc1-n1c(C)cc(/C=C(/C#N)C(=O)NCCc2ccccc2)c1C. The molecule has 162 valence electrons. The van der Waals surface area contributed by atoms with Crippen LogP contribution in [0.3, 0.4) is 0 Å². The van der Waals surface area contributed by atoms with Crippen molar-refractivity contribution in [3.05, 3.63) is 94.3 Å². The third-order valence-electron chi connectivity index (χ3n) is 5.23. The zero-order chi connectivity index (χ0) is 23.1. The average molecular weight is 428 g/mol. The first-order valence-electron chi connectivity index (χ1n) is 10.3. The van der Waals surface area contributed by atoms with Crippen molar-refractivity contribution in [2.75, 3.05) is 13.7 Å². The largest absolute Gasteiger partial charge is 0.465 e. The van der Waals surface area contributed by atoms with Gasteiger partial charge in [0.2, 0.25) is 0 Å². The van der Waals surface area contributed by atoms with Crippen LogP contribution >= 0.6 is 0 Å². The minimum Gasteiger partial charge on any atom is -0.465 e. The number of rotatable bonds is 7. The van der Waals surface area contributed by atoms with Crippen LogP contribution in [0, 0.1) is 25.2 Å². The van der Waals surface area contributed by atoms with Crippen molar-refractivity contribution in [1.82, 2.24) is 9.88 Å². The molecule has 0 aliphatic heterocycles. The lowest BCUT2D eigenvalue weighted by atomic mass is 10.1. The van der Waals surface area contributed by atoms with Crippen molar-refractivity contribution >= 4 is 18.0 Å². The highest BCUT2D eigenvalue weighted by atomic mass is 16.5. The zero-order valence-electron chi connectivity index (χ0n) is 18.4. The van der Waals surface area contributed by atoms with Crippen molar-refractivity contribution in [3.63, 3.8) is 0 Å². The molecule has 0 bridgehead atoms. The Labute approximate surface area is 187 Å². The summed E-state index contributed by atoms with van der Waals surface area (Å²) < 4.78 is 6.82. The summed E-state index contributed by atoms with van der Waals surface area (Å²) in [6, 6.07) is 20.9. The van der Waals surface area contributed by atoms with E-state index in [9.17, 15) is 14.9 Å². The summed E-state index contributed by atoms with van der Waals surface area (Å²) in [6.45, 7) is 4.23. The summed E-state index contributed by atoms with van der Waals surface area (Å²) >= 11 is 0. The minimum absolute atomic E-state index is 0.0274. The van der Waals surface area contributed by atoms with Gasteiger partial charge in [0.25, 0.3) is 5.91 Å². The minimum atomic E-state index is -0.430. The fraction of sp³-hybridized carbons (Fsp3) is 0.192. The molecule has 0 saturated carbocycles. The average Bonchev–Trinajstić information content (AvgIpc) is 3.09. The molecule has 0 aliphatic rings. The third-order valence-corrected chi connectivity index (χ3v) is 5.23. The molecule has 1 amide bonds. The normalized spacial score (nSPS) is 11.0. The molecular weight excluding hydrogens is 402 g/mol. The number of nitriles is 1. The third kappa shape index (κ3) is 4.96. The van der Waals surface area contributed by atoms with Crippen LogP contribution in [0.2, 0.25) is 0 Å². The second-order valence-electron chi connectivity index (χ2n) is 7.33. The number of aromatic nitrogens is 1. The number of methoxy groups -OCH3 is 1. The highest BCUT2D eigenvalue weighted by Gasteiger charge is 2.18. The van der Waals surface area contributed by atoms with E-state index in [0.29, 0.717) is 24.2 Å². The van der Waals surface area contributed by atoms with Crippen LogP contribution in [0.15, 0.2) is 66.2 Å². The van der Waals surface area contributed by atoms with Gasteiger partial charge < -0.3 is 14.6 Å². The van der Waals surface area contributed by atoms with Gasteiger partial charge in [0, 0.05) is 17.9 Å². The van der Waals surface area contributed by atoms with Crippen LogP contribution in [-0.2, 0) is 16.0 Å². The number of amides is 1. The van der Waals surface area contributed by atoms with E-state index >= 15 is 0 Å². The van der Waals surface area contributed by atoms with Crippen LogP contribution in [0.1, 0.15) is 32.9 Å². The molecule has 1 aromatic heterocycles. The first kappa shape index (κ1) is 22.6. The quantitative estimate of drug-likeness (QED) is 0.349. The van der Waals surface area contributed by atoms with E-state index < -0.39 is 11.9 Å². The maximum absolute atomic E-state index is 12.6. The molecule has 0 aliphatic carbocycles. The Morgan fingerprint density at radius 2 is 1.78 bits per heavy atom. The van der Waals surface area contributed by atoms with E-state index in [1.54, 1.807) is 18.2 Å². The van der Waals surface area contributed by atoms with Crippen LogP contribution in [0.5, 0.6) is 0 Å². The summed E-state index contributed by atoms with van der Waals surface area (Å²) in [6.07, 6.45) is 2.27. The standard InChI is InChI=1S/C26H25N3O3/c1-18-15-21(19(2)29(18)24-12-8-7-11-23(24)26(31)32-3)16-22(17-27)25(30)28-14-13-20-9-5-4-6-10-20/h4-12,15-16H,13-14H2,1-3H3,(H,28,30)/b22-16-. The summed E-state index contributed by atoms with van der Waals surface area (Å²) in [5.74, 6) is -0.844. The Bertz CT molecular complexity index is 1200. The summed E-state index contributed by atoms with van der Waals surface area (Å²) in [5.41, 5.74) is 4.67. The lowest BCUT2D eigenvalue weighted by molar-refractivity contribution is -0.117. The molecule has 6 nitrogen and oxygen atoms in total. The first-order valence-corrected chi connectivity index (χ1v) is 10.3. The van der Waals surface area contributed by atoms with Crippen molar-refractivity contribution in [1.29, 1.82) is 5.26 Å². The fourth-order valence-corrected chi connectivity index (χ4v) is 3.62. The predicted molar refractivity (Wildman–Crippen MR) is 123 cm³/mol. The van der Waals surface area contributed by atoms with E-state index in [1.807, 2.05) is 73.0 Å². The number of hydrogen-bond donors (Lipinski definition) is 1. The van der Waals surface area contributed by atoms with Crippen molar-refractivity contribution in [2.24, 2.45) is 0 Å². The topological polar surface area (TPSA) is 84.1 Å². The molecule has 0 saturated heterocycles. The molecule has 0 spiro atoms. The van der Waals surface area contributed by atoms with Crippen LogP contribution in [0.25, 0.3) is 11.8 Å². The van der Waals surface area contributed by atoms with Gasteiger partial charge in [0.1, 0.15) is 11.6 Å². The van der Waals surface area contributed by atoms with Crippen LogP contribution in [0.4, 0.5) is 0 Å². The van der Waals surface area contributed by atoms with Gasteiger partial charge in [-0.3, -0.25) is 4.79 Å². The number of carbonyl (C=O) groups is 2. The molecule has 0 unspecified atom stereocenters. The number of hydrogen-bond acceptors (Lipinski definition) is 4. The monoisotopic (exact) mass is 427 g/mol. The maximum atomic E-state index is 12.6. The summed E-state index contributed by atoms with van der Waals surface area (Å²) in [4.78, 5) is 24.8. The molecule has 3 rings (SSSR count). The number of nitrogens with one attached hydrogen (secondary N) is 1. The number of ether oxygens (including phenoxy) is 1. The lowest BCUT2D eigenvalue weighted by Gasteiger charge is -2.13. The predicted octanol–water partition coefficient (Wildman–Crippen LogP) is 4.15. The van der Waals surface area contributed by atoms with Gasteiger partial charge in [-0.2, -0.15) is 5.26 Å². The Balaban J connectivity index is 1.85. The fourth-order valence-electron chi connectivity index (χ4n) is 3.62. The summed E-state index contributed by atoms with van der Waals surface area (Å²) in [7, 11) is 1.35. The molecule has 0 radical (unpaired) electrons. The van der Waals surface area contributed by atoms with Crippen molar-refractivity contribution in [2.45, 2.75) is 20.3 Å². The molecular formula is C26H25N3O3. The molecule has 2 aromatic carbocycles. The van der Waals surface area contributed by atoms with Gasteiger partial charge in [-0.05, 0) is 55.7 Å². The van der Waals surface area contributed by atoms with E-state index in [4.69, 9.17) is 4.74 Å². The van der Waals surface area contributed by atoms with E-state index in [-0.39, 0.29) is 5.57 Å². The van der Waals surface area contributed by atoms with E-state index in [1.165, 1.54) is 7.11 Å². The van der Waals surface area contributed by atoms with Gasteiger partial charge in [-0.25, -0.2) is 4.79 Å². The second kappa shape index (κ2) is 10.3. The highest BCUT2D eigenvalue weighted by molar-refractivity contribution is 6.02. The van der Waals surface area contributed by atoms with Crippen LogP contribution in [-0.4, -0.2) is 30.1 Å². The highest BCUT2D eigenvalue weighted by Crippen LogP contribution is 2.25. The van der Waals surface area contributed by atoms with Crippen molar-refractivity contribution < 1.29 is 14.3 Å². The maximum Gasteiger partial charge on any atom is 0.339 e. The van der Waals surface area contributed by atoms with Gasteiger partial charge in [-0.15, -0.1) is 0 Å². The molecule has 0 fully saturated rings. The molecule has 32 heavy (non-hydrogen) atoms. The van der Waals surface area contributed by atoms with E-state index in [2.05, 4.69) is 5.32 Å². The Kier molecular flexibility index (Phi) is 7.25. The number of carbonyl (C=O) groups excluding carboxylic acids is 2. The van der Waals surface area contributed by atoms with Gasteiger partial charge in [0.05, 0.1) is 18.4 Å².